The molecule has 27 heteroatoms. The van der Waals surface area contributed by atoms with Crippen LogP contribution in [0.1, 0.15) is 15.9 Å². The molecule has 0 fully saturated rings. The number of aromatic carboxylic acids is 1. The lowest BCUT2D eigenvalue weighted by atomic mass is 10.1. The first-order valence-electron chi connectivity index (χ1n) is 14.7. The molecule has 0 aliphatic carbocycles. The number of nitrogens with one attached hydrogen (secondary N) is 1. The standard InChI is InChI=1S/C30H19Cl3N9O12S3/c31-24-26(32)35-30(33)36-28(24)34-15-4-2-6-17(10-15)38-37-16-5-1-3-14(9-16)27(41-39-21-8-7-18(55(46,47)48)11-20(21)29(44)45)42-40-22-12-19(56(49,50)51)13-23(25(22)43)57(52,53)54/h1-13,43H,(H,44,45)(H,34,35,36)(H,46,47,48)(H,49,50,51)(H,52,53,54)/q-1. The van der Waals surface area contributed by atoms with Crippen LogP contribution in [0.3, 0.4) is 0 Å². The average molecular weight is 900 g/mol. The smallest absolute Gasteiger partial charge is 0.338 e. The highest BCUT2D eigenvalue weighted by molar-refractivity contribution is 7.86. The van der Waals surface area contributed by atoms with E-state index in [4.69, 9.17) is 34.8 Å². The Labute approximate surface area is 335 Å². The molecule has 0 atom stereocenters. The number of benzene rings is 4. The largest absolute Gasteiger partial charge is 0.504 e. The van der Waals surface area contributed by atoms with Crippen LogP contribution in [0.4, 0.5) is 34.3 Å². The van der Waals surface area contributed by atoms with E-state index in [0.29, 0.717) is 23.5 Å². The average Bonchev–Trinajstić information content (AvgIpc) is 3.12. The first-order chi connectivity index (χ1) is 26.6. The van der Waals surface area contributed by atoms with Gasteiger partial charge >= 0.3 is 5.97 Å². The number of aromatic hydroxyl groups is 1. The minimum Gasteiger partial charge on any atom is -0.504 e. The molecule has 0 aliphatic heterocycles. The predicted molar refractivity (Wildman–Crippen MR) is 200 cm³/mol. The zero-order valence-electron chi connectivity index (χ0n) is 27.5. The molecule has 0 saturated heterocycles. The third-order valence-corrected chi connectivity index (χ3v) is 10.3. The number of hydrogen-bond acceptors (Lipinski definition) is 17. The highest BCUT2D eigenvalue weighted by Crippen LogP contribution is 2.38. The Balaban J connectivity index is 1.56. The molecule has 0 bridgehead atoms. The van der Waals surface area contributed by atoms with Gasteiger partial charge in [0.1, 0.15) is 15.6 Å². The van der Waals surface area contributed by atoms with E-state index >= 15 is 0 Å². The number of aromatic nitrogens is 2. The van der Waals surface area contributed by atoms with Gasteiger partial charge in [0, 0.05) is 11.4 Å². The van der Waals surface area contributed by atoms with Crippen molar-refractivity contribution in [2.75, 3.05) is 5.32 Å². The van der Waals surface area contributed by atoms with E-state index in [2.05, 4.69) is 46.0 Å². The van der Waals surface area contributed by atoms with Crippen molar-refractivity contribution in [1.82, 2.24) is 9.97 Å². The number of phenols is 1. The van der Waals surface area contributed by atoms with Crippen LogP contribution in [0.25, 0.3) is 0 Å². The molecule has 5 aromatic rings. The topological polar surface area (TPSA) is 333 Å². The second-order valence-electron chi connectivity index (χ2n) is 10.8. The maximum atomic E-state index is 11.9. The summed E-state index contributed by atoms with van der Waals surface area (Å²) in [6.45, 7) is 0. The fraction of sp³-hybridized carbons (Fsp3) is 0. The van der Waals surface area contributed by atoms with E-state index < -0.39 is 79.9 Å². The van der Waals surface area contributed by atoms with Crippen molar-refractivity contribution in [2.45, 2.75) is 14.7 Å². The number of carboxylic acids is 1. The number of nitrogens with zero attached hydrogens (tertiary/aromatic N) is 8. The highest BCUT2D eigenvalue weighted by atomic mass is 35.5. The predicted octanol–water partition coefficient (Wildman–Crippen LogP) is 8.15. The molecule has 0 saturated carbocycles. The molecular formula is C30H19Cl3N9O12S3-. The zero-order chi connectivity index (χ0) is 41.9. The van der Waals surface area contributed by atoms with Gasteiger partial charge in [-0.1, -0.05) is 35.3 Å². The van der Waals surface area contributed by atoms with Crippen molar-refractivity contribution in [3.05, 3.63) is 112 Å². The highest BCUT2D eigenvalue weighted by Gasteiger charge is 2.24. The molecular weight excluding hydrogens is 881 g/mol. The Hall–Kier alpha value is -5.70. The van der Waals surface area contributed by atoms with Gasteiger partial charge in [-0.05, 0) is 60.1 Å². The summed E-state index contributed by atoms with van der Waals surface area (Å²) in [4.78, 5) is 16.4. The van der Waals surface area contributed by atoms with E-state index in [1.165, 1.54) is 24.3 Å². The molecule has 0 unspecified atom stereocenters. The quantitative estimate of drug-likeness (QED) is 0.0213. The minimum atomic E-state index is -5.30. The lowest BCUT2D eigenvalue weighted by molar-refractivity contribution is 0.0697. The van der Waals surface area contributed by atoms with Crippen LogP contribution in [0, 0.1) is 6.17 Å². The number of anilines is 2. The van der Waals surface area contributed by atoms with Gasteiger partial charge in [-0.2, -0.15) is 67.0 Å². The van der Waals surface area contributed by atoms with Crippen LogP contribution in [0.5, 0.6) is 5.75 Å². The lowest BCUT2D eigenvalue weighted by Gasteiger charge is -2.15. The molecule has 21 nitrogen and oxygen atoms in total. The second kappa shape index (κ2) is 16.8. The molecule has 57 heavy (non-hydrogen) atoms. The Morgan fingerprint density at radius 3 is 1.91 bits per heavy atom. The van der Waals surface area contributed by atoms with Crippen molar-refractivity contribution in [2.24, 2.45) is 30.7 Å². The lowest BCUT2D eigenvalue weighted by Crippen LogP contribution is -2.04. The Morgan fingerprint density at radius 2 is 1.30 bits per heavy atom. The fourth-order valence-electron chi connectivity index (χ4n) is 4.34. The Morgan fingerprint density at radius 1 is 0.684 bits per heavy atom. The van der Waals surface area contributed by atoms with Crippen molar-refractivity contribution in [3.63, 3.8) is 0 Å². The summed E-state index contributed by atoms with van der Waals surface area (Å²) in [5.41, 5.74) is -1.29. The number of phenolic OH excluding ortho intramolecular Hbond substituents is 1. The molecule has 0 radical (unpaired) electrons. The van der Waals surface area contributed by atoms with Crippen LogP contribution in [-0.4, -0.2) is 65.1 Å². The summed E-state index contributed by atoms with van der Waals surface area (Å²) < 4.78 is 99.1. The zero-order valence-corrected chi connectivity index (χ0v) is 32.3. The van der Waals surface area contributed by atoms with Gasteiger partial charge in [0.05, 0.1) is 32.9 Å². The molecule has 296 valence electrons. The number of carbonyl (C=O) groups is 1. The first-order valence-corrected chi connectivity index (χ1v) is 20.2. The summed E-state index contributed by atoms with van der Waals surface area (Å²) in [7, 11) is -15.3. The van der Waals surface area contributed by atoms with Gasteiger partial charge in [0.2, 0.25) is 5.28 Å². The Kier molecular flexibility index (Phi) is 12.5. The summed E-state index contributed by atoms with van der Waals surface area (Å²) in [5, 5.41) is 46.4. The van der Waals surface area contributed by atoms with Gasteiger partial charge in [-0.15, -0.1) is 17.7 Å². The summed E-state index contributed by atoms with van der Waals surface area (Å²) >= 11 is 18.0. The van der Waals surface area contributed by atoms with Gasteiger partial charge in [0.25, 0.3) is 30.4 Å². The van der Waals surface area contributed by atoms with Gasteiger partial charge in [-0.3, -0.25) is 13.7 Å². The van der Waals surface area contributed by atoms with E-state index in [1.54, 1.807) is 24.3 Å². The normalized spacial score (nSPS) is 12.5. The number of halogens is 3. The molecule has 5 rings (SSSR count). The van der Waals surface area contributed by atoms with Crippen molar-refractivity contribution in [1.29, 1.82) is 0 Å². The molecule has 6 N–H and O–H groups in total. The van der Waals surface area contributed by atoms with Gasteiger partial charge < -0.3 is 15.5 Å². The van der Waals surface area contributed by atoms with Crippen LogP contribution < -0.4 is 5.32 Å². The van der Waals surface area contributed by atoms with E-state index in [-0.39, 0.29) is 38.6 Å². The van der Waals surface area contributed by atoms with Crippen molar-refractivity contribution in [3.8, 4) is 5.75 Å². The van der Waals surface area contributed by atoms with Gasteiger partial charge in [-0.25, -0.2) is 9.78 Å². The SMILES string of the molecule is O=C(O)c1cc(S(=O)(=O)O)ccc1N=N[C-](N=Nc1cc(S(=O)(=O)O)cc(S(=O)(=O)O)c1O)c1cccc(N=Nc2cccc(Nc3nc(Cl)nc(Cl)c3Cl)c2)c1. The van der Waals surface area contributed by atoms with E-state index in [9.17, 15) is 53.9 Å². The molecule has 4 aromatic carbocycles. The number of rotatable bonds is 13. The van der Waals surface area contributed by atoms with Crippen LogP contribution in [0.2, 0.25) is 15.5 Å². The van der Waals surface area contributed by atoms with Crippen molar-refractivity contribution >= 4 is 105 Å². The maximum Gasteiger partial charge on any atom is 0.338 e. The summed E-state index contributed by atoms with van der Waals surface area (Å²) in [6, 6.07) is 15.0. The number of hydrogen-bond donors (Lipinski definition) is 6. The van der Waals surface area contributed by atoms with Crippen LogP contribution in [-0.2, 0) is 30.4 Å². The fourth-order valence-corrected chi connectivity index (χ4v) is 6.59. The maximum absolute atomic E-state index is 11.9. The van der Waals surface area contributed by atoms with E-state index in [0.717, 1.165) is 12.1 Å². The van der Waals surface area contributed by atoms with Crippen molar-refractivity contribution < 1.29 is 53.9 Å². The first kappa shape index (κ1) is 42.4. The number of azo groups is 3. The second-order valence-corrected chi connectivity index (χ2v) is 16.1. The van der Waals surface area contributed by atoms with Gasteiger partial charge in [0.15, 0.2) is 16.7 Å². The minimum absolute atomic E-state index is 0.000726. The molecule has 0 amide bonds. The van der Waals surface area contributed by atoms with E-state index in [1.807, 2.05) is 0 Å². The molecule has 1 aromatic heterocycles. The molecule has 0 aliphatic rings. The monoisotopic (exact) mass is 898 g/mol. The summed E-state index contributed by atoms with van der Waals surface area (Å²) in [5.74, 6) is -2.88. The third-order valence-electron chi connectivity index (χ3n) is 6.88. The Bertz CT molecular complexity index is 2870. The van der Waals surface area contributed by atoms with Crippen LogP contribution >= 0.6 is 34.8 Å². The number of carboxylic acid groups (broad SMARTS) is 1. The van der Waals surface area contributed by atoms with Crippen LogP contribution in [0.15, 0.2) is 124 Å². The molecule has 1 heterocycles. The summed E-state index contributed by atoms with van der Waals surface area (Å²) in [6.07, 6.45) is -0.558. The third kappa shape index (κ3) is 10.8. The molecule has 0 spiro atoms.